The van der Waals surface area contributed by atoms with E-state index < -0.39 is 29.8 Å². The van der Waals surface area contributed by atoms with E-state index in [2.05, 4.69) is 10.2 Å². The minimum atomic E-state index is -4.73. The quantitative estimate of drug-likeness (QED) is 0.382. The SMILES string of the molecule is CC(C)C(=O)N1CC2(C1)OCc1cc(C3CC(c4cc(Cl)c(Cl)c(Cl)c4)(C(F)(F)F)N=N3)ccc12. The second-order valence-electron chi connectivity index (χ2n) is 9.60. The highest BCUT2D eigenvalue weighted by Gasteiger charge is 2.61. The monoisotopic (exact) mass is 545 g/mol. The average Bonchev–Trinajstić information content (AvgIpc) is 3.38. The molecule has 0 N–H and O–H groups in total. The number of rotatable bonds is 3. The van der Waals surface area contributed by atoms with Crippen LogP contribution < -0.4 is 0 Å². The summed E-state index contributed by atoms with van der Waals surface area (Å²) in [6, 6.07) is 6.94. The van der Waals surface area contributed by atoms with Crippen molar-refractivity contribution in [2.24, 2.45) is 16.1 Å². The second kappa shape index (κ2) is 8.33. The molecule has 2 aromatic rings. The van der Waals surface area contributed by atoms with Crippen LogP contribution in [0.3, 0.4) is 0 Å². The van der Waals surface area contributed by atoms with Gasteiger partial charge in [0.05, 0.1) is 40.8 Å². The van der Waals surface area contributed by atoms with Gasteiger partial charge in [-0.25, -0.2) is 0 Å². The summed E-state index contributed by atoms with van der Waals surface area (Å²) in [6.07, 6.45) is -5.15. The Kier molecular flexibility index (Phi) is 5.91. The lowest BCUT2D eigenvalue weighted by atomic mass is 9.81. The zero-order chi connectivity index (χ0) is 25.3. The Balaban J connectivity index is 1.41. The first-order valence-electron chi connectivity index (χ1n) is 11.1. The number of hydrogen-bond acceptors (Lipinski definition) is 4. The highest BCUT2D eigenvalue weighted by atomic mass is 35.5. The molecule has 3 aliphatic heterocycles. The fourth-order valence-corrected chi connectivity index (χ4v) is 5.65. The van der Waals surface area contributed by atoms with Crippen LogP contribution in [0.4, 0.5) is 13.2 Å². The molecule has 0 bridgehead atoms. The zero-order valence-corrected chi connectivity index (χ0v) is 21.1. The molecule has 5 nitrogen and oxygen atoms in total. The van der Waals surface area contributed by atoms with E-state index >= 15 is 0 Å². The predicted molar refractivity (Wildman–Crippen MR) is 126 cm³/mol. The standard InChI is InChI=1S/C24H21Cl3F3N3O2/c1-12(2)21(34)33-10-22(11-33)16-4-3-13(5-14(16)9-35-22)19-8-23(32-31-19,24(28,29)30)15-6-17(25)20(27)18(26)7-15/h3-7,12,19H,8-11H2,1-2H3. The van der Waals surface area contributed by atoms with Crippen molar-refractivity contribution in [3.05, 3.63) is 67.7 Å². The summed E-state index contributed by atoms with van der Waals surface area (Å²) in [4.78, 5) is 14.0. The van der Waals surface area contributed by atoms with Gasteiger partial charge in [0.25, 0.3) is 0 Å². The van der Waals surface area contributed by atoms with Gasteiger partial charge < -0.3 is 9.64 Å². The third-order valence-corrected chi connectivity index (χ3v) is 8.19. The Morgan fingerprint density at radius 2 is 1.80 bits per heavy atom. The smallest absolute Gasteiger partial charge is 0.362 e. The minimum absolute atomic E-state index is 0.0156. The first-order valence-corrected chi connectivity index (χ1v) is 12.2. The summed E-state index contributed by atoms with van der Waals surface area (Å²) in [7, 11) is 0. The van der Waals surface area contributed by atoms with Crippen LogP contribution in [-0.2, 0) is 27.3 Å². The van der Waals surface area contributed by atoms with Gasteiger partial charge >= 0.3 is 6.18 Å². The number of fused-ring (bicyclic) bond motifs is 2. The van der Waals surface area contributed by atoms with Gasteiger partial charge in [-0.05, 0) is 34.4 Å². The van der Waals surface area contributed by atoms with E-state index in [1.807, 2.05) is 26.0 Å². The summed E-state index contributed by atoms with van der Waals surface area (Å²) >= 11 is 18.0. The number of alkyl halides is 3. The largest absolute Gasteiger partial charge is 0.419 e. The molecule has 1 amide bonds. The Hall–Kier alpha value is -1.87. The summed E-state index contributed by atoms with van der Waals surface area (Å²) in [5, 5.41) is 7.59. The van der Waals surface area contributed by atoms with Crippen molar-refractivity contribution in [2.75, 3.05) is 13.1 Å². The molecule has 1 fully saturated rings. The molecule has 1 spiro atoms. The molecule has 0 saturated carbocycles. The van der Waals surface area contributed by atoms with E-state index in [9.17, 15) is 18.0 Å². The number of amides is 1. The topological polar surface area (TPSA) is 54.3 Å². The molecule has 2 unspecified atom stereocenters. The van der Waals surface area contributed by atoms with Crippen molar-refractivity contribution in [3.63, 3.8) is 0 Å². The number of halogens is 6. The van der Waals surface area contributed by atoms with Crippen LogP contribution in [0.25, 0.3) is 0 Å². The number of nitrogens with zero attached hydrogens (tertiary/aromatic N) is 3. The Morgan fingerprint density at radius 3 is 2.40 bits per heavy atom. The molecule has 2 aromatic carbocycles. The first kappa shape index (κ1) is 24.8. The molecule has 3 heterocycles. The maximum absolute atomic E-state index is 14.4. The van der Waals surface area contributed by atoms with Crippen LogP contribution >= 0.6 is 34.8 Å². The number of benzene rings is 2. The van der Waals surface area contributed by atoms with Gasteiger partial charge in [-0.2, -0.15) is 23.4 Å². The highest BCUT2D eigenvalue weighted by molar-refractivity contribution is 6.48. The molecular formula is C24H21Cl3F3N3O2. The number of hydrogen-bond donors (Lipinski definition) is 0. The molecule has 0 aromatic heterocycles. The van der Waals surface area contributed by atoms with Crippen molar-refractivity contribution in [1.82, 2.24) is 4.90 Å². The molecule has 0 radical (unpaired) electrons. The Bertz CT molecular complexity index is 1220. The van der Waals surface area contributed by atoms with Gasteiger partial charge in [-0.1, -0.05) is 66.8 Å². The number of azo groups is 1. The van der Waals surface area contributed by atoms with Crippen LogP contribution in [0.5, 0.6) is 0 Å². The van der Waals surface area contributed by atoms with Crippen LogP contribution in [0.15, 0.2) is 40.6 Å². The van der Waals surface area contributed by atoms with Crippen LogP contribution in [0, 0.1) is 5.92 Å². The lowest BCUT2D eigenvalue weighted by Gasteiger charge is -2.48. The third kappa shape index (κ3) is 3.84. The van der Waals surface area contributed by atoms with Crippen molar-refractivity contribution in [1.29, 1.82) is 0 Å². The van der Waals surface area contributed by atoms with E-state index in [0.29, 0.717) is 25.3 Å². The van der Waals surface area contributed by atoms with Crippen molar-refractivity contribution in [3.8, 4) is 0 Å². The normalized spacial score (nSPS) is 24.8. The molecule has 3 aliphatic rings. The van der Waals surface area contributed by atoms with Crippen LogP contribution in [0.2, 0.25) is 15.1 Å². The van der Waals surface area contributed by atoms with E-state index in [4.69, 9.17) is 39.5 Å². The van der Waals surface area contributed by atoms with E-state index in [1.54, 1.807) is 11.0 Å². The van der Waals surface area contributed by atoms with Crippen molar-refractivity contribution >= 4 is 40.7 Å². The van der Waals surface area contributed by atoms with E-state index in [1.165, 1.54) is 0 Å². The maximum Gasteiger partial charge on any atom is 0.419 e. The summed E-state index contributed by atoms with van der Waals surface area (Å²) in [5.74, 6) is -0.0239. The number of ether oxygens (including phenoxy) is 1. The summed E-state index contributed by atoms with van der Waals surface area (Å²) < 4.78 is 49.1. The number of likely N-dealkylation sites (tertiary alicyclic amines) is 1. The fraction of sp³-hybridized carbons (Fsp3) is 0.458. The Morgan fingerprint density at radius 1 is 1.14 bits per heavy atom. The maximum atomic E-state index is 14.4. The van der Waals surface area contributed by atoms with Crippen LogP contribution in [-0.4, -0.2) is 30.1 Å². The zero-order valence-electron chi connectivity index (χ0n) is 18.8. The summed E-state index contributed by atoms with van der Waals surface area (Å²) in [6.45, 7) is 4.96. The summed E-state index contributed by atoms with van der Waals surface area (Å²) in [5.41, 5.74) is -0.887. The van der Waals surface area contributed by atoms with Crippen molar-refractivity contribution in [2.45, 2.75) is 50.2 Å². The third-order valence-electron chi connectivity index (χ3n) is 6.99. The molecule has 11 heteroatoms. The predicted octanol–water partition coefficient (Wildman–Crippen LogP) is 7.23. The Labute approximate surface area is 215 Å². The molecule has 2 atom stereocenters. The molecule has 1 saturated heterocycles. The fourth-order valence-electron chi connectivity index (χ4n) is 5.05. The second-order valence-corrected chi connectivity index (χ2v) is 10.8. The van der Waals surface area contributed by atoms with E-state index in [0.717, 1.165) is 23.3 Å². The van der Waals surface area contributed by atoms with Gasteiger partial charge in [0.15, 0.2) is 0 Å². The number of carbonyl (C=O) groups is 1. The lowest BCUT2D eigenvalue weighted by molar-refractivity contribution is -0.188. The van der Waals surface area contributed by atoms with Crippen LogP contribution in [0.1, 0.15) is 48.6 Å². The highest BCUT2D eigenvalue weighted by Crippen LogP contribution is 2.55. The molecule has 35 heavy (non-hydrogen) atoms. The molecule has 186 valence electrons. The van der Waals surface area contributed by atoms with E-state index in [-0.39, 0.29) is 32.5 Å². The van der Waals surface area contributed by atoms with Crippen molar-refractivity contribution < 1.29 is 22.7 Å². The van der Waals surface area contributed by atoms with Gasteiger partial charge in [-0.3, -0.25) is 4.79 Å². The van der Waals surface area contributed by atoms with Gasteiger partial charge in [-0.15, -0.1) is 0 Å². The first-order chi connectivity index (χ1) is 16.4. The molecule has 0 aliphatic carbocycles. The van der Waals surface area contributed by atoms with Gasteiger partial charge in [0.2, 0.25) is 11.4 Å². The molecule has 5 rings (SSSR count). The van der Waals surface area contributed by atoms with Gasteiger partial charge in [0.1, 0.15) is 5.60 Å². The molecular weight excluding hydrogens is 526 g/mol. The minimum Gasteiger partial charge on any atom is -0.362 e. The lowest BCUT2D eigenvalue weighted by Crippen LogP contribution is -2.61. The number of carbonyl (C=O) groups excluding carboxylic acids is 1. The average molecular weight is 547 g/mol. The van der Waals surface area contributed by atoms with Gasteiger partial charge in [0, 0.05) is 12.3 Å².